The van der Waals surface area contributed by atoms with Crippen LogP contribution in [0, 0.1) is 11.7 Å². The Morgan fingerprint density at radius 2 is 1.96 bits per heavy atom. The van der Waals surface area contributed by atoms with Gasteiger partial charge >= 0.3 is 0 Å². The summed E-state index contributed by atoms with van der Waals surface area (Å²) in [7, 11) is 0. The molecular weight excluding hydrogens is 583 g/mol. The molecule has 2 aromatic carbocycles. The van der Waals surface area contributed by atoms with Crippen LogP contribution in [0.4, 0.5) is 10.1 Å². The van der Waals surface area contributed by atoms with Gasteiger partial charge in [0.05, 0.1) is 23.2 Å². The first-order valence-corrected chi connectivity index (χ1v) is 17.5. The number of aliphatic imine (C=N–C) groups is 1. The van der Waals surface area contributed by atoms with Crippen molar-refractivity contribution >= 4 is 34.3 Å². The molecule has 5 rings (SSSR count). The maximum absolute atomic E-state index is 14.6. The molecule has 0 bridgehead atoms. The third-order valence-corrected chi connectivity index (χ3v) is 10.1. The van der Waals surface area contributed by atoms with Crippen molar-refractivity contribution in [3.63, 3.8) is 0 Å². The van der Waals surface area contributed by atoms with Gasteiger partial charge < -0.3 is 15.1 Å². The summed E-state index contributed by atoms with van der Waals surface area (Å²) >= 11 is 1.55. The first-order valence-electron chi connectivity index (χ1n) is 16.7. The molecule has 0 spiro atoms. The van der Waals surface area contributed by atoms with E-state index in [4.69, 9.17) is 4.99 Å². The van der Waals surface area contributed by atoms with Gasteiger partial charge in [0.2, 0.25) is 5.91 Å². The van der Waals surface area contributed by atoms with E-state index in [9.17, 15) is 14.0 Å². The number of rotatable bonds is 13. The van der Waals surface area contributed by atoms with Gasteiger partial charge in [0, 0.05) is 29.1 Å². The third-order valence-electron chi connectivity index (χ3n) is 8.96. The molecule has 2 aromatic rings. The molecule has 2 unspecified atom stereocenters. The van der Waals surface area contributed by atoms with Crippen LogP contribution < -0.4 is 5.32 Å². The van der Waals surface area contributed by atoms with E-state index in [2.05, 4.69) is 30.1 Å². The summed E-state index contributed by atoms with van der Waals surface area (Å²) < 4.78 is 14.6. The Labute approximate surface area is 272 Å². The third kappa shape index (κ3) is 9.17. The van der Waals surface area contributed by atoms with E-state index in [0.29, 0.717) is 30.0 Å². The summed E-state index contributed by atoms with van der Waals surface area (Å²) in [5, 5.41) is 3.84. The quantitative estimate of drug-likeness (QED) is 0.229. The standard InChI is InChI=1S/C37H47FN4O2S/c1-3-4-12-27(2)23-30-24-28(37(44)39-19-11-22-41-20-9-10-21-41)17-18-32(30)40-35-25-36(43)42(26-29-13-5-6-14-31(29)38)33-15-7-8-16-34(33)45-35/h5-8,13-14,16-18,24,27,33H,3-4,9-12,15,19-23,25-26H2,1-2H3,(H,39,44). The van der Waals surface area contributed by atoms with Crippen molar-refractivity contribution in [1.29, 1.82) is 0 Å². The Hall–Kier alpha value is -3.23. The van der Waals surface area contributed by atoms with Crippen LogP contribution in [0.25, 0.3) is 0 Å². The van der Waals surface area contributed by atoms with E-state index >= 15 is 0 Å². The van der Waals surface area contributed by atoms with Gasteiger partial charge in [-0.3, -0.25) is 9.59 Å². The first-order chi connectivity index (χ1) is 21.9. The molecule has 2 fully saturated rings. The number of carbonyl (C=O) groups is 2. The second-order valence-corrected chi connectivity index (χ2v) is 13.7. The average molecular weight is 631 g/mol. The molecule has 2 atom stereocenters. The van der Waals surface area contributed by atoms with E-state index < -0.39 is 0 Å². The lowest BCUT2D eigenvalue weighted by Crippen LogP contribution is -2.39. The fraction of sp³-hybridized carbons (Fsp3) is 0.486. The van der Waals surface area contributed by atoms with E-state index in [-0.39, 0.29) is 36.6 Å². The van der Waals surface area contributed by atoms with Crippen LogP contribution in [0.2, 0.25) is 0 Å². The van der Waals surface area contributed by atoms with Gasteiger partial charge in [0.1, 0.15) is 5.82 Å². The van der Waals surface area contributed by atoms with Gasteiger partial charge in [-0.1, -0.05) is 81.3 Å². The van der Waals surface area contributed by atoms with Crippen LogP contribution in [-0.4, -0.2) is 58.9 Å². The number of thioether (sulfide) groups is 1. The Balaban J connectivity index is 1.36. The summed E-state index contributed by atoms with van der Waals surface area (Å²) in [6.07, 6.45) is 14.7. The Morgan fingerprint density at radius 3 is 2.76 bits per heavy atom. The molecule has 0 radical (unpaired) electrons. The Kier molecular flexibility index (Phi) is 12.1. The van der Waals surface area contributed by atoms with Gasteiger partial charge in [-0.25, -0.2) is 9.38 Å². The van der Waals surface area contributed by atoms with Crippen molar-refractivity contribution in [2.45, 2.75) is 84.2 Å². The number of fused-ring (bicyclic) bond motifs is 1. The summed E-state index contributed by atoms with van der Waals surface area (Å²) in [6.45, 7) is 8.70. The highest BCUT2D eigenvalue weighted by molar-refractivity contribution is 8.17. The summed E-state index contributed by atoms with van der Waals surface area (Å²) in [5.41, 5.74) is 3.01. The summed E-state index contributed by atoms with van der Waals surface area (Å²) in [6, 6.07) is 12.3. The summed E-state index contributed by atoms with van der Waals surface area (Å²) in [5.74, 6) is 0.0299. The highest BCUT2D eigenvalue weighted by atomic mass is 32.2. The second kappa shape index (κ2) is 16.4. The minimum Gasteiger partial charge on any atom is -0.352 e. The number of allylic oxidation sites excluding steroid dienone is 2. The molecule has 0 aromatic heterocycles. The molecule has 1 aliphatic carbocycles. The molecule has 45 heavy (non-hydrogen) atoms. The molecule has 8 heteroatoms. The lowest BCUT2D eigenvalue weighted by Gasteiger charge is -2.31. The van der Waals surface area contributed by atoms with Crippen LogP contribution in [0.3, 0.4) is 0 Å². The zero-order valence-corrected chi connectivity index (χ0v) is 27.6. The van der Waals surface area contributed by atoms with Gasteiger partial charge in [0.15, 0.2) is 0 Å². The maximum Gasteiger partial charge on any atom is 0.251 e. The number of amides is 2. The Morgan fingerprint density at radius 1 is 1.13 bits per heavy atom. The van der Waals surface area contributed by atoms with E-state index in [1.165, 1.54) is 32.0 Å². The Bertz CT molecular complexity index is 1430. The van der Waals surface area contributed by atoms with Crippen molar-refractivity contribution in [2.75, 3.05) is 26.2 Å². The van der Waals surface area contributed by atoms with Gasteiger partial charge in [0.25, 0.3) is 5.91 Å². The topological polar surface area (TPSA) is 65.0 Å². The van der Waals surface area contributed by atoms with Crippen molar-refractivity contribution in [3.8, 4) is 0 Å². The zero-order valence-electron chi connectivity index (χ0n) is 26.8. The second-order valence-electron chi connectivity index (χ2n) is 12.6. The molecule has 2 aliphatic heterocycles. The fourth-order valence-corrected chi connectivity index (χ4v) is 7.52. The maximum atomic E-state index is 14.6. The molecule has 2 saturated heterocycles. The number of nitrogens with one attached hydrogen (secondary N) is 1. The van der Waals surface area contributed by atoms with Gasteiger partial charge in [-0.2, -0.15) is 0 Å². The minimum absolute atomic E-state index is 0.0529. The van der Waals surface area contributed by atoms with Crippen LogP contribution >= 0.6 is 11.8 Å². The number of unbranched alkanes of at least 4 members (excludes halogenated alkanes) is 1. The molecule has 240 valence electrons. The van der Waals surface area contributed by atoms with E-state index in [1.807, 2.05) is 30.4 Å². The molecule has 3 aliphatic rings. The molecule has 0 saturated carbocycles. The number of hydrogen-bond donors (Lipinski definition) is 1. The highest BCUT2D eigenvalue weighted by Gasteiger charge is 2.33. The van der Waals surface area contributed by atoms with Crippen LogP contribution in [-0.2, 0) is 17.8 Å². The fourth-order valence-electron chi connectivity index (χ4n) is 6.40. The largest absolute Gasteiger partial charge is 0.352 e. The van der Waals surface area contributed by atoms with Crippen molar-refractivity contribution in [3.05, 3.63) is 88.1 Å². The SMILES string of the molecule is CCCCC(C)Cc1cc(C(=O)NCCCN2CCCC2)ccc1N=C1CC(=O)N(Cc2ccccc2F)C2CC=CC=C2S1. The molecule has 2 amide bonds. The number of benzene rings is 2. The van der Waals surface area contributed by atoms with Crippen LogP contribution in [0.5, 0.6) is 0 Å². The van der Waals surface area contributed by atoms with Gasteiger partial charge in [-0.15, -0.1) is 0 Å². The number of halogens is 1. The van der Waals surface area contributed by atoms with Crippen LogP contribution in [0.15, 0.2) is 70.6 Å². The minimum atomic E-state index is -0.300. The lowest BCUT2D eigenvalue weighted by atomic mass is 9.94. The predicted octanol–water partition coefficient (Wildman–Crippen LogP) is 7.82. The van der Waals surface area contributed by atoms with Crippen molar-refractivity contribution < 1.29 is 14.0 Å². The average Bonchev–Trinajstić information content (AvgIpc) is 3.52. The first kappa shape index (κ1) is 33.1. The predicted molar refractivity (Wildman–Crippen MR) is 183 cm³/mol. The van der Waals surface area contributed by atoms with E-state index in [1.54, 1.807) is 34.9 Å². The molecule has 6 nitrogen and oxygen atoms in total. The van der Waals surface area contributed by atoms with Gasteiger partial charge in [-0.05, 0) is 87.5 Å². The molecule has 2 heterocycles. The zero-order chi connectivity index (χ0) is 31.6. The number of carbonyl (C=O) groups excluding carboxylic acids is 2. The highest BCUT2D eigenvalue weighted by Crippen LogP contribution is 2.37. The summed E-state index contributed by atoms with van der Waals surface area (Å²) in [4.78, 5) is 37.3. The number of likely N-dealkylation sites (tertiary alicyclic amines) is 1. The normalized spacial score (nSPS) is 20.2. The van der Waals surface area contributed by atoms with Crippen molar-refractivity contribution in [2.24, 2.45) is 10.9 Å². The smallest absolute Gasteiger partial charge is 0.251 e. The van der Waals surface area contributed by atoms with Crippen molar-refractivity contribution in [1.82, 2.24) is 15.1 Å². The lowest BCUT2D eigenvalue weighted by molar-refractivity contribution is -0.131. The van der Waals surface area contributed by atoms with E-state index in [0.717, 1.165) is 59.8 Å². The monoisotopic (exact) mass is 630 g/mol. The molecular formula is C37H47FN4O2S. The number of hydrogen-bond acceptors (Lipinski definition) is 5. The number of nitrogens with zero attached hydrogens (tertiary/aromatic N) is 3. The molecule has 1 N–H and O–H groups in total. The van der Waals surface area contributed by atoms with Crippen LogP contribution in [0.1, 0.15) is 86.7 Å².